The summed E-state index contributed by atoms with van der Waals surface area (Å²) in [6.45, 7) is 0. The van der Waals surface area contributed by atoms with Crippen molar-refractivity contribution in [1.82, 2.24) is 0 Å². The minimum Gasteiger partial charge on any atom is -0.503 e. The number of furan rings is 1. The Morgan fingerprint density at radius 3 is 2.43 bits per heavy atom. The van der Waals surface area contributed by atoms with Crippen molar-refractivity contribution in [3.63, 3.8) is 0 Å². The van der Waals surface area contributed by atoms with E-state index in [-0.39, 0.29) is 28.1 Å². The number of carbonyl (C=O) groups is 2. The van der Waals surface area contributed by atoms with Crippen molar-refractivity contribution < 1.29 is 29.0 Å². The first-order chi connectivity index (χ1) is 13.4. The van der Waals surface area contributed by atoms with Gasteiger partial charge >= 0.3 is 5.97 Å². The number of hydrogen-bond acceptors (Lipinski definition) is 5. The Labute approximate surface area is 165 Å². The molecule has 7 heteroatoms. The van der Waals surface area contributed by atoms with Crippen LogP contribution in [0.1, 0.15) is 26.5 Å². The molecule has 6 nitrogen and oxygen atoms in total. The normalized spacial score (nSPS) is 10.9. The van der Waals surface area contributed by atoms with Gasteiger partial charge in [-0.3, -0.25) is 4.79 Å². The average molecular weight is 399 g/mol. The molecule has 0 fully saturated rings. The Morgan fingerprint density at radius 2 is 1.82 bits per heavy atom. The number of carbonyl (C=O) groups excluding carboxylic acids is 1. The van der Waals surface area contributed by atoms with Gasteiger partial charge in [0.1, 0.15) is 5.76 Å². The number of carboxylic acid groups (broad SMARTS) is 1. The highest BCUT2D eigenvalue weighted by Crippen LogP contribution is 2.35. The molecule has 0 aliphatic carbocycles. The van der Waals surface area contributed by atoms with Gasteiger partial charge in [0.15, 0.2) is 17.3 Å². The molecule has 0 atom stereocenters. The van der Waals surface area contributed by atoms with E-state index in [1.165, 1.54) is 25.3 Å². The molecule has 0 saturated carbocycles. The first kappa shape index (κ1) is 19.3. The molecule has 2 aromatic carbocycles. The highest BCUT2D eigenvalue weighted by Gasteiger charge is 2.11. The van der Waals surface area contributed by atoms with Gasteiger partial charge in [-0.1, -0.05) is 41.9 Å². The molecule has 3 aromatic rings. The fourth-order valence-electron chi connectivity index (χ4n) is 2.52. The van der Waals surface area contributed by atoms with Gasteiger partial charge in [-0.2, -0.15) is 0 Å². The fraction of sp³-hybridized carbons (Fsp3) is 0.0476. The molecule has 0 spiro atoms. The summed E-state index contributed by atoms with van der Waals surface area (Å²) >= 11 is 5.93. The van der Waals surface area contributed by atoms with E-state index in [9.17, 15) is 14.7 Å². The van der Waals surface area contributed by atoms with Gasteiger partial charge in [0.05, 0.1) is 12.1 Å². The first-order valence-corrected chi connectivity index (χ1v) is 8.49. The molecule has 0 saturated heterocycles. The highest BCUT2D eigenvalue weighted by atomic mass is 35.5. The number of carboxylic acids is 1. The molecule has 1 heterocycles. The lowest BCUT2D eigenvalue weighted by atomic mass is 10.1. The third-order valence-corrected chi connectivity index (χ3v) is 4.26. The van der Waals surface area contributed by atoms with E-state index < -0.39 is 5.97 Å². The number of allylic oxidation sites excluding steroid dienone is 1. The zero-order valence-electron chi connectivity index (χ0n) is 14.7. The lowest BCUT2D eigenvalue weighted by Gasteiger charge is -2.06. The van der Waals surface area contributed by atoms with Gasteiger partial charge in [0, 0.05) is 11.1 Å². The van der Waals surface area contributed by atoms with Crippen LogP contribution in [0.15, 0.2) is 59.0 Å². The van der Waals surface area contributed by atoms with Crippen molar-refractivity contribution >= 4 is 29.4 Å². The topological polar surface area (TPSA) is 97.0 Å². The fourth-order valence-corrected chi connectivity index (χ4v) is 2.74. The summed E-state index contributed by atoms with van der Waals surface area (Å²) in [5.74, 6) is -1.08. The zero-order chi connectivity index (χ0) is 20.3. The smallest absolute Gasteiger partial charge is 0.371 e. The number of methoxy groups -OCH3 is 1. The number of aromatic hydroxyl groups is 1. The number of aromatic carboxylic acids is 1. The molecule has 0 unspecified atom stereocenters. The SMILES string of the molecule is COc1cc(/C=C/C(=O)c2ccc(-c3ccc(C(=O)O)o3)cc2)cc(Cl)c1O. The monoisotopic (exact) mass is 398 g/mol. The highest BCUT2D eigenvalue weighted by molar-refractivity contribution is 6.32. The van der Waals surface area contributed by atoms with Crippen LogP contribution >= 0.6 is 11.6 Å². The quantitative estimate of drug-likeness (QED) is 0.452. The molecule has 3 rings (SSSR count). The predicted octanol–water partition coefficient (Wildman–Crippen LogP) is 4.91. The Bertz CT molecular complexity index is 1060. The van der Waals surface area contributed by atoms with Gasteiger partial charge in [-0.15, -0.1) is 0 Å². The van der Waals surface area contributed by atoms with E-state index in [1.807, 2.05) is 0 Å². The van der Waals surface area contributed by atoms with Crippen molar-refractivity contribution in [2.75, 3.05) is 7.11 Å². The third kappa shape index (κ3) is 4.07. The van der Waals surface area contributed by atoms with Crippen molar-refractivity contribution in [3.8, 4) is 22.8 Å². The summed E-state index contributed by atoms with van der Waals surface area (Å²) in [6, 6.07) is 12.6. The lowest BCUT2D eigenvalue weighted by Crippen LogP contribution is -1.94. The average Bonchev–Trinajstić information content (AvgIpc) is 3.19. The molecule has 2 N–H and O–H groups in total. The molecule has 1 aromatic heterocycles. The van der Waals surface area contributed by atoms with Gasteiger partial charge < -0.3 is 19.4 Å². The van der Waals surface area contributed by atoms with Gasteiger partial charge in [0.25, 0.3) is 0 Å². The van der Waals surface area contributed by atoms with E-state index >= 15 is 0 Å². The van der Waals surface area contributed by atoms with Crippen molar-refractivity contribution in [2.24, 2.45) is 0 Å². The molecule has 0 aliphatic heterocycles. The molecule has 0 radical (unpaired) electrons. The zero-order valence-corrected chi connectivity index (χ0v) is 15.4. The second kappa shape index (κ2) is 8.02. The van der Waals surface area contributed by atoms with Gasteiger partial charge in [0.2, 0.25) is 5.76 Å². The molecule has 0 amide bonds. The maximum atomic E-state index is 12.4. The van der Waals surface area contributed by atoms with Crippen LogP contribution < -0.4 is 4.74 Å². The minimum atomic E-state index is -1.14. The summed E-state index contributed by atoms with van der Waals surface area (Å²) in [7, 11) is 1.41. The van der Waals surface area contributed by atoms with Crippen molar-refractivity contribution in [2.45, 2.75) is 0 Å². The molecule has 0 bridgehead atoms. The maximum Gasteiger partial charge on any atom is 0.371 e. The largest absolute Gasteiger partial charge is 0.503 e. The number of phenolic OH excluding ortho intramolecular Hbond substituents is 1. The lowest BCUT2D eigenvalue weighted by molar-refractivity contribution is 0.0663. The number of ether oxygens (including phenoxy) is 1. The van der Waals surface area contributed by atoms with Gasteiger partial charge in [-0.25, -0.2) is 4.79 Å². The molecular formula is C21H15ClO6. The van der Waals surface area contributed by atoms with Crippen LogP contribution in [-0.2, 0) is 0 Å². The van der Waals surface area contributed by atoms with E-state index in [0.717, 1.165) is 0 Å². The van der Waals surface area contributed by atoms with Crippen LogP contribution in [0.3, 0.4) is 0 Å². The summed E-state index contributed by atoms with van der Waals surface area (Å²) in [4.78, 5) is 23.2. The van der Waals surface area contributed by atoms with E-state index in [4.69, 9.17) is 25.9 Å². The van der Waals surface area contributed by atoms with Crippen molar-refractivity contribution in [3.05, 3.63) is 76.5 Å². The number of rotatable bonds is 6. The van der Waals surface area contributed by atoms with Crippen LogP contribution in [0.25, 0.3) is 17.4 Å². The Balaban J connectivity index is 1.77. The van der Waals surface area contributed by atoms with E-state index in [1.54, 1.807) is 42.5 Å². The Morgan fingerprint density at radius 1 is 1.11 bits per heavy atom. The second-order valence-corrected chi connectivity index (χ2v) is 6.20. The van der Waals surface area contributed by atoms with Crippen LogP contribution in [0.5, 0.6) is 11.5 Å². The Kier molecular flexibility index (Phi) is 5.52. The molecule has 0 aliphatic rings. The number of phenols is 1. The van der Waals surface area contributed by atoms with Crippen LogP contribution in [0.4, 0.5) is 0 Å². The number of ketones is 1. The molecular weight excluding hydrogens is 384 g/mol. The molecule has 142 valence electrons. The summed E-state index contributed by atoms with van der Waals surface area (Å²) in [6.07, 6.45) is 2.95. The molecule has 28 heavy (non-hydrogen) atoms. The maximum absolute atomic E-state index is 12.4. The third-order valence-electron chi connectivity index (χ3n) is 3.97. The predicted molar refractivity (Wildman–Crippen MR) is 104 cm³/mol. The van der Waals surface area contributed by atoms with Crippen molar-refractivity contribution in [1.29, 1.82) is 0 Å². The number of benzene rings is 2. The van der Waals surface area contributed by atoms with Crippen LogP contribution in [-0.4, -0.2) is 29.1 Å². The number of halogens is 1. The van der Waals surface area contributed by atoms with Gasteiger partial charge in [-0.05, 0) is 35.9 Å². The minimum absolute atomic E-state index is 0.120. The second-order valence-electron chi connectivity index (χ2n) is 5.80. The first-order valence-electron chi connectivity index (χ1n) is 8.11. The van der Waals surface area contributed by atoms with E-state index in [0.29, 0.717) is 22.5 Å². The standard InChI is InChI=1S/C21H15ClO6/c1-27-19-11-12(10-15(22)20(19)24)2-7-16(23)13-3-5-14(6-4-13)17-8-9-18(28-17)21(25)26/h2-11,24H,1H3,(H,25,26)/b7-2+. The summed E-state index contributed by atoms with van der Waals surface area (Å²) < 4.78 is 10.3. The van der Waals surface area contributed by atoms with Crippen LogP contribution in [0.2, 0.25) is 5.02 Å². The van der Waals surface area contributed by atoms with Crippen LogP contribution in [0, 0.1) is 0 Å². The Hall–Kier alpha value is -3.51. The summed E-state index contributed by atoms with van der Waals surface area (Å²) in [5, 5.41) is 18.8. The summed E-state index contributed by atoms with van der Waals surface area (Å²) in [5.41, 5.74) is 1.70. The number of hydrogen-bond donors (Lipinski definition) is 2. The van der Waals surface area contributed by atoms with E-state index in [2.05, 4.69) is 0 Å².